The van der Waals surface area contributed by atoms with E-state index in [2.05, 4.69) is 15.5 Å². The molecule has 0 fully saturated rings. The summed E-state index contributed by atoms with van der Waals surface area (Å²) in [6, 6.07) is 6.29. The maximum absolute atomic E-state index is 12.5. The fraction of sp³-hybridized carbons (Fsp3) is 0.333. The number of ether oxygens (including phenoxy) is 1. The first-order valence-electron chi connectivity index (χ1n) is 8.35. The fourth-order valence-electron chi connectivity index (χ4n) is 2.58. The van der Waals surface area contributed by atoms with E-state index in [0.29, 0.717) is 29.2 Å². The van der Waals surface area contributed by atoms with Gasteiger partial charge in [-0.1, -0.05) is 6.92 Å². The third kappa shape index (κ3) is 3.58. The van der Waals surface area contributed by atoms with E-state index in [1.165, 1.54) is 6.07 Å². The number of nitrogens with zero attached hydrogens (tertiary/aromatic N) is 3. The zero-order valence-electron chi connectivity index (χ0n) is 14.9. The van der Waals surface area contributed by atoms with Gasteiger partial charge in [-0.3, -0.25) is 4.79 Å². The summed E-state index contributed by atoms with van der Waals surface area (Å²) in [6.45, 7) is 4.35. The predicted molar refractivity (Wildman–Crippen MR) is 95.2 cm³/mol. The Morgan fingerprint density at radius 1 is 1.38 bits per heavy atom. The highest BCUT2D eigenvalue weighted by atomic mass is 16.5. The predicted octanol–water partition coefficient (Wildman–Crippen LogP) is 2.20. The number of aromatic nitrogens is 3. The van der Waals surface area contributed by atoms with Crippen molar-refractivity contribution in [3.05, 3.63) is 52.4 Å². The molecule has 1 N–H and O–H groups in total. The van der Waals surface area contributed by atoms with Crippen molar-refractivity contribution in [1.82, 2.24) is 20.1 Å². The van der Waals surface area contributed by atoms with Crippen LogP contribution in [-0.2, 0) is 7.05 Å². The van der Waals surface area contributed by atoms with Crippen LogP contribution in [0.3, 0.4) is 0 Å². The van der Waals surface area contributed by atoms with Crippen molar-refractivity contribution in [2.75, 3.05) is 6.61 Å². The Bertz CT molecular complexity index is 992. The minimum Gasteiger partial charge on any atom is -0.493 e. The first-order valence-corrected chi connectivity index (χ1v) is 8.35. The fourth-order valence-corrected chi connectivity index (χ4v) is 2.58. The van der Waals surface area contributed by atoms with Crippen LogP contribution in [0.4, 0.5) is 0 Å². The highest BCUT2D eigenvalue weighted by Gasteiger charge is 2.19. The van der Waals surface area contributed by atoms with Gasteiger partial charge in [-0.25, -0.2) is 4.79 Å². The van der Waals surface area contributed by atoms with E-state index in [-0.39, 0.29) is 5.56 Å². The van der Waals surface area contributed by atoms with Gasteiger partial charge in [-0.2, -0.15) is 0 Å². The van der Waals surface area contributed by atoms with E-state index in [9.17, 15) is 9.59 Å². The average Bonchev–Trinajstić information content (AvgIpc) is 3.05. The summed E-state index contributed by atoms with van der Waals surface area (Å²) >= 11 is 0. The van der Waals surface area contributed by atoms with Crippen LogP contribution in [0, 0.1) is 0 Å². The molecule has 136 valence electrons. The lowest BCUT2D eigenvalue weighted by Crippen LogP contribution is -2.31. The van der Waals surface area contributed by atoms with Gasteiger partial charge in [0.15, 0.2) is 5.82 Å². The summed E-state index contributed by atoms with van der Waals surface area (Å²) in [5, 5.41) is 11.1. The lowest BCUT2D eigenvalue weighted by atomic mass is 10.1. The second-order valence-corrected chi connectivity index (χ2v) is 5.99. The third-order valence-electron chi connectivity index (χ3n) is 3.91. The lowest BCUT2D eigenvalue weighted by Gasteiger charge is -2.12. The number of carbonyl (C=O) groups excluding carboxylic acids is 1. The van der Waals surface area contributed by atoms with Crippen LogP contribution < -0.4 is 15.7 Å². The van der Waals surface area contributed by atoms with Gasteiger partial charge in [0.05, 0.1) is 12.6 Å². The average molecular weight is 356 g/mol. The molecule has 8 heteroatoms. The zero-order valence-corrected chi connectivity index (χ0v) is 14.9. The number of fused-ring (bicyclic) bond motifs is 1. The summed E-state index contributed by atoms with van der Waals surface area (Å²) in [6.07, 6.45) is 2.42. The standard InChI is InChI=1S/C18H20N4O4/c1-4-7-25-13-6-5-12-8-14(18(24)26-15(12)9-13)17(23)20-11(2)16-21-19-10-22(16)3/h5-6,8-11H,4,7H2,1-3H3,(H,20,23). The van der Waals surface area contributed by atoms with Crippen LogP contribution in [0.1, 0.15) is 42.5 Å². The van der Waals surface area contributed by atoms with Gasteiger partial charge in [0.1, 0.15) is 23.2 Å². The number of amides is 1. The van der Waals surface area contributed by atoms with E-state index in [4.69, 9.17) is 9.15 Å². The largest absolute Gasteiger partial charge is 0.493 e. The second-order valence-electron chi connectivity index (χ2n) is 5.99. The molecule has 1 atom stereocenters. The summed E-state index contributed by atoms with van der Waals surface area (Å²) in [7, 11) is 1.78. The SMILES string of the molecule is CCCOc1ccc2cc(C(=O)NC(C)c3nncn3C)c(=O)oc2c1. The molecule has 0 bridgehead atoms. The smallest absolute Gasteiger partial charge is 0.349 e. The van der Waals surface area contributed by atoms with Crippen molar-refractivity contribution >= 4 is 16.9 Å². The first kappa shape index (κ1) is 17.7. The molecule has 0 radical (unpaired) electrons. The minimum atomic E-state index is -0.701. The summed E-state index contributed by atoms with van der Waals surface area (Å²) in [4.78, 5) is 24.7. The Labute approximate surface area is 149 Å². The number of nitrogens with one attached hydrogen (secondary N) is 1. The minimum absolute atomic E-state index is 0.0613. The molecule has 2 aromatic heterocycles. The normalized spacial score (nSPS) is 12.1. The molecule has 1 amide bonds. The van der Waals surface area contributed by atoms with Crippen LogP contribution >= 0.6 is 0 Å². The number of carbonyl (C=O) groups is 1. The van der Waals surface area contributed by atoms with Crippen LogP contribution in [0.25, 0.3) is 11.0 Å². The van der Waals surface area contributed by atoms with Crippen molar-refractivity contribution in [1.29, 1.82) is 0 Å². The summed E-state index contributed by atoms with van der Waals surface area (Å²) in [5.74, 6) is 0.680. The van der Waals surface area contributed by atoms with E-state index in [1.54, 1.807) is 43.1 Å². The van der Waals surface area contributed by atoms with Gasteiger partial charge in [0, 0.05) is 18.5 Å². The maximum atomic E-state index is 12.5. The highest BCUT2D eigenvalue weighted by Crippen LogP contribution is 2.21. The van der Waals surface area contributed by atoms with Crippen LogP contribution in [-0.4, -0.2) is 27.3 Å². The Balaban J connectivity index is 1.85. The van der Waals surface area contributed by atoms with Crippen molar-refractivity contribution in [3.63, 3.8) is 0 Å². The lowest BCUT2D eigenvalue weighted by molar-refractivity contribution is 0.0934. The molecular formula is C18H20N4O4. The molecule has 0 aliphatic rings. The van der Waals surface area contributed by atoms with Gasteiger partial charge < -0.3 is 19.0 Å². The Morgan fingerprint density at radius 2 is 2.19 bits per heavy atom. The van der Waals surface area contributed by atoms with E-state index in [1.807, 2.05) is 6.92 Å². The maximum Gasteiger partial charge on any atom is 0.349 e. The van der Waals surface area contributed by atoms with Crippen LogP contribution in [0.2, 0.25) is 0 Å². The van der Waals surface area contributed by atoms with Crippen molar-refractivity contribution < 1.29 is 13.9 Å². The summed E-state index contributed by atoms with van der Waals surface area (Å²) < 4.78 is 12.5. The van der Waals surface area contributed by atoms with E-state index in [0.717, 1.165) is 6.42 Å². The number of benzene rings is 1. The molecule has 0 saturated carbocycles. The molecule has 0 aliphatic heterocycles. The zero-order chi connectivity index (χ0) is 18.7. The van der Waals surface area contributed by atoms with Gasteiger partial charge in [-0.05, 0) is 31.5 Å². The molecule has 3 aromatic rings. The number of aryl methyl sites for hydroxylation is 1. The summed E-state index contributed by atoms with van der Waals surface area (Å²) in [5.41, 5.74) is -0.386. The molecule has 3 rings (SSSR count). The van der Waals surface area contributed by atoms with Crippen molar-refractivity contribution in [3.8, 4) is 5.75 Å². The molecule has 2 heterocycles. The monoisotopic (exact) mass is 356 g/mol. The molecular weight excluding hydrogens is 336 g/mol. The number of hydrogen-bond donors (Lipinski definition) is 1. The molecule has 1 aromatic carbocycles. The van der Waals surface area contributed by atoms with Gasteiger partial charge in [0.25, 0.3) is 5.91 Å². The Morgan fingerprint density at radius 3 is 2.88 bits per heavy atom. The van der Waals surface area contributed by atoms with Gasteiger partial charge >= 0.3 is 5.63 Å². The van der Waals surface area contributed by atoms with E-state index >= 15 is 0 Å². The van der Waals surface area contributed by atoms with Crippen LogP contribution in [0.5, 0.6) is 5.75 Å². The molecule has 26 heavy (non-hydrogen) atoms. The second kappa shape index (κ2) is 7.38. The number of hydrogen-bond acceptors (Lipinski definition) is 6. The molecule has 0 saturated heterocycles. The topological polar surface area (TPSA) is 99.2 Å². The third-order valence-corrected chi connectivity index (χ3v) is 3.91. The van der Waals surface area contributed by atoms with Crippen molar-refractivity contribution in [2.45, 2.75) is 26.3 Å². The van der Waals surface area contributed by atoms with Crippen LogP contribution in [0.15, 0.2) is 39.8 Å². The Hall–Kier alpha value is -3.16. The Kier molecular flexibility index (Phi) is 5.01. The molecule has 8 nitrogen and oxygen atoms in total. The first-order chi connectivity index (χ1) is 12.5. The van der Waals surface area contributed by atoms with E-state index < -0.39 is 17.6 Å². The molecule has 0 spiro atoms. The van der Waals surface area contributed by atoms with Gasteiger partial charge in [0.2, 0.25) is 0 Å². The highest BCUT2D eigenvalue weighted by molar-refractivity contribution is 5.96. The number of rotatable bonds is 6. The van der Waals surface area contributed by atoms with Crippen molar-refractivity contribution in [2.24, 2.45) is 7.05 Å². The molecule has 1 unspecified atom stereocenters. The molecule has 0 aliphatic carbocycles. The quantitative estimate of drug-likeness (QED) is 0.680. The van der Waals surface area contributed by atoms with Gasteiger partial charge in [-0.15, -0.1) is 10.2 Å².